The number of ether oxygens (including phenoxy) is 3. The third kappa shape index (κ3) is 9.12. The van der Waals surface area contributed by atoms with Crippen LogP contribution in [0, 0.1) is 10.1 Å². The number of hydrogen-bond acceptors (Lipinski definition) is 15. The molecule has 4 aromatic rings. The van der Waals surface area contributed by atoms with E-state index in [1.165, 1.54) is 13.1 Å². The summed E-state index contributed by atoms with van der Waals surface area (Å²) >= 11 is 0. The third-order valence-electron chi connectivity index (χ3n) is 8.92. The Bertz CT molecular complexity index is 2150. The van der Waals surface area contributed by atoms with E-state index in [4.69, 9.17) is 19.2 Å². The van der Waals surface area contributed by atoms with Crippen LogP contribution in [0.1, 0.15) is 57.7 Å². The summed E-state index contributed by atoms with van der Waals surface area (Å²) in [4.78, 5) is 46.4. The van der Waals surface area contributed by atoms with Gasteiger partial charge in [-0.25, -0.2) is 27.7 Å². The fourth-order valence-corrected chi connectivity index (χ4v) is 7.29. The lowest BCUT2D eigenvalue weighted by Gasteiger charge is -2.31. The summed E-state index contributed by atoms with van der Waals surface area (Å²) < 4.78 is 86.3. The normalized spacial score (nSPS) is 18.2. The van der Waals surface area contributed by atoms with Crippen LogP contribution in [-0.4, -0.2) is 97.3 Å². The lowest BCUT2D eigenvalue weighted by atomic mass is 9.93. The van der Waals surface area contributed by atoms with Gasteiger partial charge in [0.15, 0.2) is 0 Å². The van der Waals surface area contributed by atoms with E-state index < -0.39 is 55.8 Å². The Kier molecular flexibility index (Phi) is 11.0. The van der Waals surface area contributed by atoms with Gasteiger partial charge >= 0.3 is 18.2 Å². The van der Waals surface area contributed by atoms with Gasteiger partial charge in [0.05, 0.1) is 43.3 Å². The quantitative estimate of drug-likeness (QED) is 0.168. The van der Waals surface area contributed by atoms with Gasteiger partial charge in [-0.05, 0) is 57.4 Å². The van der Waals surface area contributed by atoms with Crippen LogP contribution in [0.15, 0.2) is 41.8 Å². The van der Waals surface area contributed by atoms with Gasteiger partial charge in [0, 0.05) is 43.8 Å². The first kappa shape index (κ1) is 39.3. The number of alkyl halides is 3. The van der Waals surface area contributed by atoms with Crippen LogP contribution in [0.3, 0.4) is 0 Å². The molecule has 2 fully saturated rings. The van der Waals surface area contributed by atoms with E-state index in [1.807, 2.05) is 4.90 Å². The molecule has 18 nitrogen and oxygen atoms in total. The molecule has 1 saturated heterocycles. The predicted octanol–water partition coefficient (Wildman–Crippen LogP) is 4.85. The van der Waals surface area contributed by atoms with Gasteiger partial charge in [0.25, 0.3) is 10.0 Å². The highest BCUT2D eigenvalue weighted by molar-refractivity contribution is 7.89. The maximum atomic E-state index is 14.3. The fraction of sp³-hybridized carbons (Fsp3) is 0.515. The van der Waals surface area contributed by atoms with Crippen molar-refractivity contribution >= 4 is 44.7 Å². The number of hydrogen-bond donors (Lipinski definition) is 1. The van der Waals surface area contributed by atoms with Crippen molar-refractivity contribution < 1.29 is 45.5 Å². The summed E-state index contributed by atoms with van der Waals surface area (Å²) in [7, 11) is -3.40. The van der Waals surface area contributed by atoms with Crippen LogP contribution in [0.5, 0.6) is 5.88 Å². The lowest BCUT2D eigenvalue weighted by Crippen LogP contribution is -2.40. The Hall–Kier alpha value is -5.38. The van der Waals surface area contributed by atoms with Crippen LogP contribution < -0.4 is 15.0 Å². The molecule has 0 unspecified atom stereocenters. The molecule has 4 aromatic heterocycles. The van der Waals surface area contributed by atoms with Gasteiger partial charge in [0.2, 0.25) is 11.8 Å². The van der Waals surface area contributed by atoms with Crippen molar-refractivity contribution in [2.45, 2.75) is 81.8 Å². The number of aromatic nitrogens is 6. The van der Waals surface area contributed by atoms with Crippen molar-refractivity contribution in [3.05, 3.63) is 58.3 Å². The van der Waals surface area contributed by atoms with Crippen molar-refractivity contribution in [3.63, 3.8) is 0 Å². The summed E-state index contributed by atoms with van der Waals surface area (Å²) in [6.07, 6.45) is -0.339. The minimum absolute atomic E-state index is 0.0469. The highest BCUT2D eigenvalue weighted by atomic mass is 32.2. The maximum Gasteiger partial charge on any atom is 0.434 e. The van der Waals surface area contributed by atoms with Crippen molar-refractivity contribution in [2.75, 3.05) is 36.5 Å². The lowest BCUT2D eigenvalue weighted by molar-refractivity contribution is -0.396. The number of halogens is 3. The molecule has 1 N–H and O–H groups in total. The van der Waals surface area contributed by atoms with Crippen LogP contribution in [-0.2, 0) is 39.3 Å². The number of carbonyl (C=O) groups is 1. The topological polar surface area (TPSA) is 210 Å². The molecular weight excluding hydrogens is 753 g/mol. The molecule has 6 rings (SSSR count). The number of fused-ring (bicyclic) bond motifs is 1. The van der Waals surface area contributed by atoms with E-state index in [2.05, 4.69) is 25.3 Å². The average Bonchev–Trinajstić information content (AvgIpc) is 3.50. The fourth-order valence-electron chi connectivity index (χ4n) is 6.05. The van der Waals surface area contributed by atoms with Crippen molar-refractivity contribution in [1.82, 2.24) is 33.8 Å². The molecule has 0 aromatic carbocycles. The number of nitro groups is 1. The number of amides is 1. The van der Waals surface area contributed by atoms with Gasteiger partial charge in [0.1, 0.15) is 34.3 Å². The second kappa shape index (κ2) is 15.4. The second-order valence-electron chi connectivity index (χ2n) is 14.0. The smallest absolute Gasteiger partial charge is 0.434 e. The molecule has 0 bridgehead atoms. The third-order valence-corrected chi connectivity index (χ3v) is 10.6. The van der Waals surface area contributed by atoms with E-state index in [0.29, 0.717) is 67.6 Å². The van der Waals surface area contributed by atoms with E-state index in [0.717, 1.165) is 29.4 Å². The number of nitrogens with zero attached hydrogens (tertiary/aromatic N) is 9. The van der Waals surface area contributed by atoms with Crippen molar-refractivity contribution in [3.8, 4) is 5.88 Å². The van der Waals surface area contributed by atoms with Crippen LogP contribution >= 0.6 is 0 Å². The standard InChI is InChI=1S/C33H39F3N10O8S/c1-32(2,3)54-31(47)45(19-22-17-40-30(43(22)4)46(48)49)55(50,51)24-13-25-26(37-18-24)14-27(44-9-11-52-12-10-44)42-28(25)53-23-7-5-21(6-8-23)41-29-38-15-20(16-39-29)33(34,35)36/h13-18,21,23H,5-12,19H2,1-4H3,(H,38,39,41). The molecule has 0 atom stereocenters. The minimum Gasteiger partial charge on any atom is -0.474 e. The van der Waals surface area contributed by atoms with Gasteiger partial charge < -0.3 is 34.5 Å². The Balaban J connectivity index is 1.29. The van der Waals surface area contributed by atoms with Gasteiger partial charge in [-0.15, -0.1) is 0 Å². The van der Waals surface area contributed by atoms with Gasteiger partial charge in [-0.2, -0.15) is 22.5 Å². The SMILES string of the molecule is Cn1c(CN(C(=O)OC(C)(C)C)S(=O)(=O)c2cnc3cc(N4CCOCC4)nc(OC4CCC(Nc5ncc(C(F)(F)F)cn5)CC4)c3c2)cnc1[N+](=O)[O-]. The first-order valence-electron chi connectivity index (χ1n) is 17.3. The number of pyridine rings is 2. The number of anilines is 2. The Morgan fingerprint density at radius 3 is 2.31 bits per heavy atom. The number of morpholine rings is 1. The maximum absolute atomic E-state index is 14.3. The molecule has 0 radical (unpaired) electrons. The largest absolute Gasteiger partial charge is 0.474 e. The minimum atomic E-state index is -4.73. The molecule has 55 heavy (non-hydrogen) atoms. The van der Waals surface area contributed by atoms with Gasteiger partial charge in [-0.3, -0.25) is 4.98 Å². The molecule has 296 valence electrons. The molecule has 2 aliphatic rings. The van der Waals surface area contributed by atoms with E-state index in [9.17, 15) is 36.5 Å². The van der Waals surface area contributed by atoms with E-state index in [1.54, 1.807) is 26.8 Å². The predicted molar refractivity (Wildman–Crippen MR) is 189 cm³/mol. The van der Waals surface area contributed by atoms with Crippen LogP contribution in [0.4, 0.5) is 35.7 Å². The zero-order valence-corrected chi connectivity index (χ0v) is 31.1. The summed E-state index contributed by atoms with van der Waals surface area (Å²) in [6, 6.07) is 2.87. The summed E-state index contributed by atoms with van der Waals surface area (Å²) in [5.41, 5.74) is -1.63. The summed E-state index contributed by atoms with van der Waals surface area (Å²) in [5.74, 6) is 0.171. The molecule has 22 heteroatoms. The second-order valence-corrected chi connectivity index (χ2v) is 15.9. The number of imidazole rings is 1. The zero-order chi connectivity index (χ0) is 39.7. The van der Waals surface area contributed by atoms with E-state index >= 15 is 0 Å². The molecular formula is C33H39F3N10O8S. The molecule has 5 heterocycles. The van der Waals surface area contributed by atoms with Crippen molar-refractivity contribution in [2.24, 2.45) is 7.05 Å². The Labute approximate surface area is 313 Å². The highest BCUT2D eigenvalue weighted by Crippen LogP contribution is 2.34. The van der Waals surface area contributed by atoms with Crippen LogP contribution in [0.25, 0.3) is 10.9 Å². The molecule has 1 saturated carbocycles. The molecule has 1 aliphatic heterocycles. The van der Waals surface area contributed by atoms with Crippen LogP contribution in [0.2, 0.25) is 0 Å². The summed E-state index contributed by atoms with van der Waals surface area (Å²) in [6.45, 7) is 6.09. The number of sulfonamides is 1. The van der Waals surface area contributed by atoms with Crippen molar-refractivity contribution in [1.29, 1.82) is 0 Å². The zero-order valence-electron chi connectivity index (χ0n) is 30.3. The number of nitrogens with one attached hydrogen (secondary N) is 1. The molecule has 0 spiro atoms. The summed E-state index contributed by atoms with van der Waals surface area (Å²) in [5, 5.41) is 14.8. The highest BCUT2D eigenvalue weighted by Gasteiger charge is 2.37. The monoisotopic (exact) mass is 792 g/mol. The van der Waals surface area contributed by atoms with E-state index in [-0.39, 0.29) is 35.1 Å². The average molecular weight is 793 g/mol. The molecule has 1 aliphatic carbocycles. The Morgan fingerprint density at radius 2 is 1.71 bits per heavy atom. The number of carbonyl (C=O) groups excluding carboxylic acids is 1. The first-order chi connectivity index (χ1) is 25.9. The van der Waals surface area contributed by atoms with Gasteiger partial charge in [-0.1, -0.05) is 4.98 Å². The number of rotatable bonds is 10. The molecule has 1 amide bonds. The Morgan fingerprint density at radius 1 is 1.04 bits per heavy atom. The first-order valence-corrected chi connectivity index (χ1v) is 18.7.